The molecule has 66 heavy (non-hydrogen) atoms. The van der Waals surface area contributed by atoms with Gasteiger partial charge in [0.2, 0.25) is 59.1 Å². The van der Waals surface area contributed by atoms with E-state index in [-0.39, 0.29) is 57.3 Å². The Balaban J connectivity index is 2.40. The molecule has 2 aromatic rings. The smallest absolute Gasteiger partial charge is 0.243 e. The predicted molar refractivity (Wildman–Crippen MR) is 247 cm³/mol. The minimum absolute atomic E-state index is 0.0588. The van der Waals surface area contributed by atoms with Crippen molar-refractivity contribution in [2.75, 3.05) is 18.6 Å². The molecule has 0 spiro atoms. The molecule has 0 aromatic heterocycles. The second-order valence-corrected chi connectivity index (χ2v) is 17.1. The summed E-state index contributed by atoms with van der Waals surface area (Å²) < 4.78 is 0. The van der Waals surface area contributed by atoms with Gasteiger partial charge in [-0.2, -0.15) is 11.8 Å². The minimum atomic E-state index is -1.50. The lowest BCUT2D eigenvalue weighted by molar-refractivity contribution is -0.135. The van der Waals surface area contributed by atoms with Gasteiger partial charge in [0.1, 0.15) is 36.3 Å². The van der Waals surface area contributed by atoms with Gasteiger partial charge in [-0.05, 0) is 61.7 Å². The summed E-state index contributed by atoms with van der Waals surface area (Å²) in [5.41, 5.74) is 23.0. The van der Waals surface area contributed by atoms with Crippen LogP contribution in [0.3, 0.4) is 0 Å². The van der Waals surface area contributed by atoms with Gasteiger partial charge in [-0.15, -0.1) is 0 Å². The van der Waals surface area contributed by atoms with E-state index in [1.54, 1.807) is 60.7 Å². The highest BCUT2D eigenvalue weighted by atomic mass is 32.2. The third kappa shape index (κ3) is 21.4. The van der Waals surface area contributed by atoms with Crippen molar-refractivity contribution in [3.63, 3.8) is 0 Å². The van der Waals surface area contributed by atoms with Crippen LogP contribution >= 0.6 is 11.8 Å². The number of nitrogens with one attached hydrogen (secondary N) is 7. The Kier molecular flexibility index (Phi) is 24.5. The fraction of sp³-hybridized carbons (Fsp3) is 0.500. The van der Waals surface area contributed by atoms with Gasteiger partial charge < -0.3 is 60.2 Å². The molecule has 0 saturated heterocycles. The zero-order chi connectivity index (χ0) is 49.3. The number of nitrogens with two attached hydrogens (primary N) is 4. The zero-order valence-corrected chi connectivity index (χ0v) is 38.6. The van der Waals surface area contributed by atoms with Crippen molar-refractivity contribution < 1.29 is 47.9 Å². The van der Waals surface area contributed by atoms with Crippen LogP contribution in [0.15, 0.2) is 60.7 Å². The quantitative estimate of drug-likeness (QED) is 0.0393. The number of hydrogen-bond acceptors (Lipinski definition) is 12. The molecule has 2 rings (SSSR count). The first-order valence-electron chi connectivity index (χ1n) is 21.5. The fourth-order valence-electron chi connectivity index (χ4n) is 6.38. The number of hydrogen-bond donors (Lipinski definition) is 11. The Morgan fingerprint density at radius 3 is 1.35 bits per heavy atom. The van der Waals surface area contributed by atoms with Gasteiger partial charge in [0.25, 0.3) is 0 Å². The second kappa shape index (κ2) is 29.1. The summed E-state index contributed by atoms with van der Waals surface area (Å²) in [6.07, 6.45) is 0.869. The lowest BCUT2D eigenvalue weighted by Gasteiger charge is -2.27. The van der Waals surface area contributed by atoms with Crippen LogP contribution in [0.4, 0.5) is 0 Å². The third-order valence-electron chi connectivity index (χ3n) is 9.92. The lowest BCUT2D eigenvalue weighted by Crippen LogP contribution is -2.59. The van der Waals surface area contributed by atoms with Crippen molar-refractivity contribution in [3.8, 4) is 0 Å². The first-order chi connectivity index (χ1) is 31.2. The molecule has 0 radical (unpaired) electrons. The van der Waals surface area contributed by atoms with Crippen molar-refractivity contribution in [1.82, 2.24) is 37.2 Å². The van der Waals surface area contributed by atoms with E-state index in [1.807, 2.05) is 20.1 Å². The average molecular weight is 940 g/mol. The molecule has 22 heteroatoms. The van der Waals surface area contributed by atoms with Crippen LogP contribution < -0.4 is 60.2 Å². The molecule has 0 unspecified atom stereocenters. The first kappa shape index (κ1) is 55.6. The molecule has 362 valence electrons. The van der Waals surface area contributed by atoms with E-state index in [9.17, 15) is 47.9 Å². The van der Waals surface area contributed by atoms with Crippen LogP contribution in [0.25, 0.3) is 0 Å². The Labute approximate surface area is 388 Å². The van der Waals surface area contributed by atoms with Crippen molar-refractivity contribution in [3.05, 3.63) is 71.8 Å². The van der Waals surface area contributed by atoms with E-state index in [1.165, 1.54) is 18.7 Å². The summed E-state index contributed by atoms with van der Waals surface area (Å²) >= 11 is 1.47. The lowest BCUT2D eigenvalue weighted by atomic mass is 10.0. The molecule has 0 aliphatic heterocycles. The number of rotatable bonds is 30. The molecule has 7 atom stereocenters. The van der Waals surface area contributed by atoms with E-state index in [0.717, 1.165) is 0 Å². The summed E-state index contributed by atoms with van der Waals surface area (Å²) in [5.74, 6) is -7.37. The molecular weight excluding hydrogens is 875 g/mol. The number of carbonyl (C=O) groups is 10. The van der Waals surface area contributed by atoms with Gasteiger partial charge in [-0.25, -0.2) is 0 Å². The van der Waals surface area contributed by atoms with Crippen molar-refractivity contribution in [2.45, 2.75) is 114 Å². The summed E-state index contributed by atoms with van der Waals surface area (Å²) in [5, 5.41) is 17.9. The Hall–Kier alpha value is -6.55. The summed E-state index contributed by atoms with van der Waals surface area (Å²) in [6.45, 7) is 4.44. The molecule has 15 N–H and O–H groups in total. The van der Waals surface area contributed by atoms with Gasteiger partial charge in [0, 0.05) is 25.7 Å². The van der Waals surface area contributed by atoms with Crippen LogP contribution in [-0.2, 0) is 60.8 Å². The molecular formula is C44H65N11O10S. The molecule has 0 bridgehead atoms. The molecule has 0 aliphatic carbocycles. The molecule has 0 saturated carbocycles. The van der Waals surface area contributed by atoms with Crippen molar-refractivity contribution >= 4 is 70.8 Å². The largest absolute Gasteiger partial charge is 0.370 e. The fourth-order valence-corrected chi connectivity index (χ4v) is 6.85. The SMILES string of the molecule is CSCC[C@H](NC(=O)[C@H](CC(C)C)NC(=O)CNC(=O)[C@H](Cc1ccccc1)NC(=O)[C@H](Cc1ccccc1)NC(=O)[C@H](CCC(N)=O)NC(=O)[C@H](CCC(N)=O)NC(=O)[C@@H](C)N)C(N)=O. The predicted octanol–water partition coefficient (Wildman–Crippen LogP) is -2.34. The maximum Gasteiger partial charge on any atom is 0.243 e. The van der Waals surface area contributed by atoms with Crippen LogP contribution in [0.5, 0.6) is 0 Å². The van der Waals surface area contributed by atoms with Gasteiger partial charge >= 0.3 is 0 Å². The Bertz CT molecular complexity index is 1970. The van der Waals surface area contributed by atoms with Gasteiger partial charge in [-0.1, -0.05) is 74.5 Å². The molecule has 2 aromatic carbocycles. The number of primary amides is 3. The van der Waals surface area contributed by atoms with E-state index >= 15 is 0 Å². The maximum absolute atomic E-state index is 14.3. The normalized spacial score (nSPS) is 14.1. The van der Waals surface area contributed by atoms with Crippen LogP contribution in [0.1, 0.15) is 70.4 Å². The van der Waals surface area contributed by atoms with Crippen LogP contribution in [0.2, 0.25) is 0 Å². The van der Waals surface area contributed by atoms with Crippen LogP contribution in [-0.4, -0.2) is 120 Å². The highest BCUT2D eigenvalue weighted by Crippen LogP contribution is 2.11. The monoisotopic (exact) mass is 939 g/mol. The highest BCUT2D eigenvalue weighted by Gasteiger charge is 2.33. The van der Waals surface area contributed by atoms with E-state index < -0.39 is 108 Å². The summed E-state index contributed by atoms with van der Waals surface area (Å²) in [7, 11) is 0. The van der Waals surface area contributed by atoms with Gasteiger partial charge in [-0.3, -0.25) is 47.9 Å². The van der Waals surface area contributed by atoms with Crippen molar-refractivity contribution in [1.29, 1.82) is 0 Å². The molecule has 0 fully saturated rings. The van der Waals surface area contributed by atoms with Gasteiger partial charge in [0.05, 0.1) is 12.6 Å². The first-order valence-corrected chi connectivity index (χ1v) is 22.9. The zero-order valence-electron chi connectivity index (χ0n) is 37.8. The second-order valence-electron chi connectivity index (χ2n) is 16.1. The van der Waals surface area contributed by atoms with E-state index in [2.05, 4.69) is 37.2 Å². The van der Waals surface area contributed by atoms with Crippen LogP contribution in [0, 0.1) is 5.92 Å². The van der Waals surface area contributed by atoms with E-state index in [0.29, 0.717) is 16.9 Å². The number of carbonyl (C=O) groups excluding carboxylic acids is 10. The topological polar surface area (TPSA) is 359 Å². The molecule has 0 aliphatic rings. The number of thioether (sulfide) groups is 1. The molecule has 0 heterocycles. The standard InChI is InChI=1S/C44H65N11O10S/c1-25(2)21-32(43(64)51-29(38(48)59)19-20-66-4)50-37(58)24-49-40(61)33(22-27-11-7-5-8-12-27)54-44(65)34(23-28-13-9-6-10-14-28)55-42(63)31(16-18-36(47)57)53-41(62)30(15-17-35(46)56)52-39(60)26(3)45/h5-14,25-26,29-34H,15-24,45H2,1-4H3,(H2,46,56)(H2,47,57)(H2,48,59)(H,49,61)(H,50,58)(H,51,64)(H,52,60)(H,53,62)(H,54,65)(H,55,63)/t26-,29+,30+,31+,32+,33+,34+/m1/s1. The average Bonchev–Trinajstić information content (AvgIpc) is 3.26. The third-order valence-corrected chi connectivity index (χ3v) is 10.6. The maximum atomic E-state index is 14.3. The summed E-state index contributed by atoms with van der Waals surface area (Å²) in [6, 6.07) is 8.52. The van der Waals surface area contributed by atoms with E-state index in [4.69, 9.17) is 22.9 Å². The molecule has 21 nitrogen and oxygen atoms in total. The molecule has 10 amide bonds. The Morgan fingerprint density at radius 1 is 0.515 bits per heavy atom. The van der Waals surface area contributed by atoms with Gasteiger partial charge in [0.15, 0.2) is 0 Å². The number of amides is 10. The summed E-state index contributed by atoms with van der Waals surface area (Å²) in [4.78, 5) is 130. The highest BCUT2D eigenvalue weighted by molar-refractivity contribution is 7.98. The van der Waals surface area contributed by atoms with Crippen molar-refractivity contribution in [2.24, 2.45) is 28.9 Å². The number of benzene rings is 2. The Morgan fingerprint density at radius 2 is 0.924 bits per heavy atom. The minimum Gasteiger partial charge on any atom is -0.370 e.